The van der Waals surface area contributed by atoms with Crippen molar-refractivity contribution in [3.8, 4) is 12.3 Å². The molecule has 0 fully saturated rings. The van der Waals surface area contributed by atoms with Crippen molar-refractivity contribution >= 4 is 29.0 Å². The molecule has 0 aliphatic carbocycles. The van der Waals surface area contributed by atoms with Crippen molar-refractivity contribution in [3.05, 3.63) is 33.8 Å². The van der Waals surface area contributed by atoms with E-state index in [-0.39, 0.29) is 18.6 Å². The molecular formula is C12H11Cl2NO. The molecule has 0 spiro atoms. The SMILES string of the molecule is C#CCC(N)C(=O)Cc1cc(Cl)ccc1Cl. The standard InChI is InChI=1S/C12H11Cl2NO/c1-2-3-11(15)12(16)7-8-6-9(13)4-5-10(8)14/h1,4-6,11H,3,7,15H2. The molecule has 0 bridgehead atoms. The van der Waals surface area contributed by atoms with Gasteiger partial charge in [-0.2, -0.15) is 0 Å². The van der Waals surface area contributed by atoms with Crippen LogP contribution in [0.1, 0.15) is 12.0 Å². The number of terminal acetylenes is 1. The van der Waals surface area contributed by atoms with Crippen molar-refractivity contribution in [3.63, 3.8) is 0 Å². The number of carbonyl (C=O) groups excluding carboxylic acids is 1. The Morgan fingerprint density at radius 1 is 1.50 bits per heavy atom. The van der Waals surface area contributed by atoms with Crippen LogP contribution < -0.4 is 5.73 Å². The van der Waals surface area contributed by atoms with Gasteiger partial charge >= 0.3 is 0 Å². The first-order chi connectivity index (χ1) is 7.54. The van der Waals surface area contributed by atoms with Gasteiger partial charge in [0.25, 0.3) is 0 Å². The van der Waals surface area contributed by atoms with E-state index in [1.54, 1.807) is 18.2 Å². The predicted octanol–water partition coefficient (Wildman–Crippen LogP) is 2.46. The maximum Gasteiger partial charge on any atom is 0.154 e. The fraction of sp³-hybridized carbons (Fsp3) is 0.250. The van der Waals surface area contributed by atoms with Crippen molar-refractivity contribution in [2.45, 2.75) is 18.9 Å². The van der Waals surface area contributed by atoms with Crippen LogP contribution in [0.25, 0.3) is 0 Å². The van der Waals surface area contributed by atoms with E-state index in [4.69, 9.17) is 35.4 Å². The second-order valence-electron chi connectivity index (χ2n) is 3.39. The third-order valence-electron chi connectivity index (χ3n) is 2.12. The van der Waals surface area contributed by atoms with Crippen LogP contribution in [0.5, 0.6) is 0 Å². The van der Waals surface area contributed by atoms with Gasteiger partial charge in [-0.25, -0.2) is 0 Å². The summed E-state index contributed by atoms with van der Waals surface area (Å²) < 4.78 is 0. The number of ketones is 1. The summed E-state index contributed by atoms with van der Waals surface area (Å²) in [5, 5.41) is 1.04. The van der Waals surface area contributed by atoms with E-state index in [0.717, 1.165) is 0 Å². The van der Waals surface area contributed by atoms with Crippen LogP contribution >= 0.6 is 23.2 Å². The van der Waals surface area contributed by atoms with Crippen LogP contribution in [0.15, 0.2) is 18.2 Å². The van der Waals surface area contributed by atoms with Crippen LogP contribution in [0.2, 0.25) is 10.0 Å². The van der Waals surface area contributed by atoms with Crippen LogP contribution in [-0.2, 0) is 11.2 Å². The molecule has 2 nitrogen and oxygen atoms in total. The molecule has 1 atom stereocenters. The molecule has 0 aromatic heterocycles. The lowest BCUT2D eigenvalue weighted by atomic mass is 10.0. The van der Waals surface area contributed by atoms with Gasteiger partial charge in [-0.1, -0.05) is 23.2 Å². The number of hydrogen-bond donors (Lipinski definition) is 1. The fourth-order valence-corrected chi connectivity index (χ4v) is 1.62. The number of carbonyl (C=O) groups is 1. The van der Waals surface area contributed by atoms with Crippen molar-refractivity contribution in [2.24, 2.45) is 5.73 Å². The van der Waals surface area contributed by atoms with Crippen LogP contribution in [0.4, 0.5) is 0 Å². The number of hydrogen-bond acceptors (Lipinski definition) is 2. The zero-order valence-corrected chi connectivity index (χ0v) is 10.1. The number of nitrogens with two attached hydrogens (primary N) is 1. The highest BCUT2D eigenvalue weighted by Gasteiger charge is 2.14. The first kappa shape index (κ1) is 13.1. The molecule has 0 aliphatic rings. The second-order valence-corrected chi connectivity index (χ2v) is 4.24. The molecule has 4 heteroatoms. The summed E-state index contributed by atoms with van der Waals surface area (Å²) in [5.41, 5.74) is 6.27. The molecular weight excluding hydrogens is 245 g/mol. The Morgan fingerprint density at radius 3 is 2.81 bits per heavy atom. The predicted molar refractivity (Wildman–Crippen MR) is 66.6 cm³/mol. The molecule has 1 aromatic carbocycles. The van der Waals surface area contributed by atoms with Crippen molar-refractivity contribution < 1.29 is 4.79 Å². The Labute approximate surface area is 105 Å². The minimum Gasteiger partial charge on any atom is -0.321 e. The molecule has 0 saturated carbocycles. The summed E-state index contributed by atoms with van der Waals surface area (Å²) in [6, 6.07) is 4.34. The van der Waals surface area contributed by atoms with Gasteiger partial charge in [0, 0.05) is 22.9 Å². The maximum atomic E-state index is 11.6. The Bertz CT molecular complexity index is 437. The summed E-state index contributed by atoms with van der Waals surface area (Å²) in [6.07, 6.45) is 5.47. The second kappa shape index (κ2) is 5.91. The molecule has 1 aromatic rings. The van der Waals surface area contributed by atoms with E-state index < -0.39 is 6.04 Å². The number of rotatable bonds is 4. The normalized spacial score (nSPS) is 11.9. The topological polar surface area (TPSA) is 43.1 Å². The zero-order chi connectivity index (χ0) is 12.1. The maximum absolute atomic E-state index is 11.6. The van der Waals surface area contributed by atoms with Gasteiger partial charge in [-0.15, -0.1) is 12.3 Å². The lowest BCUT2D eigenvalue weighted by Gasteiger charge is -2.08. The quantitative estimate of drug-likeness (QED) is 0.841. The minimum atomic E-state index is -0.639. The van der Waals surface area contributed by atoms with Gasteiger partial charge in [-0.05, 0) is 23.8 Å². The van der Waals surface area contributed by atoms with E-state index >= 15 is 0 Å². The Kier molecular flexibility index (Phi) is 4.82. The molecule has 0 aliphatic heterocycles. The zero-order valence-electron chi connectivity index (χ0n) is 8.54. The molecule has 0 radical (unpaired) electrons. The Balaban J connectivity index is 2.77. The average molecular weight is 256 g/mol. The van der Waals surface area contributed by atoms with Gasteiger partial charge in [0.2, 0.25) is 0 Å². The van der Waals surface area contributed by atoms with E-state index in [1.165, 1.54) is 0 Å². The molecule has 1 unspecified atom stereocenters. The third-order valence-corrected chi connectivity index (χ3v) is 2.73. The van der Waals surface area contributed by atoms with Crippen molar-refractivity contribution in [1.29, 1.82) is 0 Å². The summed E-state index contributed by atoms with van der Waals surface area (Å²) in [4.78, 5) is 11.6. The molecule has 0 amide bonds. The van der Waals surface area contributed by atoms with E-state index in [0.29, 0.717) is 15.6 Å². The lowest BCUT2D eigenvalue weighted by Crippen LogP contribution is -2.31. The molecule has 0 heterocycles. The first-order valence-corrected chi connectivity index (χ1v) is 5.46. The van der Waals surface area contributed by atoms with Gasteiger partial charge in [0.05, 0.1) is 6.04 Å². The highest BCUT2D eigenvalue weighted by Crippen LogP contribution is 2.21. The average Bonchev–Trinajstić information content (AvgIpc) is 2.23. The molecule has 0 saturated heterocycles. The summed E-state index contributed by atoms with van der Waals surface area (Å²) in [5.74, 6) is 2.22. The van der Waals surface area contributed by atoms with E-state index in [1.807, 2.05) is 0 Å². The number of halogens is 2. The number of Topliss-reactive ketones (excluding diaryl/α,β-unsaturated/α-hetero) is 1. The van der Waals surface area contributed by atoms with Crippen molar-refractivity contribution in [2.75, 3.05) is 0 Å². The van der Waals surface area contributed by atoms with Crippen molar-refractivity contribution in [1.82, 2.24) is 0 Å². The summed E-state index contributed by atoms with van der Waals surface area (Å²) in [7, 11) is 0. The Hall–Kier alpha value is -1.01. The molecule has 84 valence electrons. The molecule has 1 rings (SSSR count). The highest BCUT2D eigenvalue weighted by molar-refractivity contribution is 6.33. The van der Waals surface area contributed by atoms with Gasteiger partial charge in [0.1, 0.15) is 0 Å². The minimum absolute atomic E-state index is 0.137. The summed E-state index contributed by atoms with van der Waals surface area (Å²) >= 11 is 11.7. The molecule has 2 N–H and O–H groups in total. The van der Waals surface area contributed by atoms with E-state index in [9.17, 15) is 4.79 Å². The smallest absolute Gasteiger partial charge is 0.154 e. The van der Waals surface area contributed by atoms with Gasteiger partial charge < -0.3 is 5.73 Å². The fourth-order valence-electron chi connectivity index (χ4n) is 1.24. The third kappa shape index (κ3) is 3.53. The first-order valence-electron chi connectivity index (χ1n) is 4.70. The van der Waals surface area contributed by atoms with E-state index in [2.05, 4.69) is 5.92 Å². The van der Waals surface area contributed by atoms with Gasteiger partial charge in [0.15, 0.2) is 5.78 Å². The van der Waals surface area contributed by atoms with Crippen LogP contribution in [-0.4, -0.2) is 11.8 Å². The largest absolute Gasteiger partial charge is 0.321 e. The summed E-state index contributed by atoms with van der Waals surface area (Å²) in [6.45, 7) is 0. The lowest BCUT2D eigenvalue weighted by molar-refractivity contribution is -0.119. The van der Waals surface area contributed by atoms with Crippen LogP contribution in [0.3, 0.4) is 0 Å². The number of benzene rings is 1. The monoisotopic (exact) mass is 255 g/mol. The Morgan fingerprint density at radius 2 is 2.19 bits per heavy atom. The van der Waals surface area contributed by atoms with Gasteiger partial charge in [-0.3, -0.25) is 4.79 Å². The highest BCUT2D eigenvalue weighted by atomic mass is 35.5. The van der Waals surface area contributed by atoms with Crippen LogP contribution in [0, 0.1) is 12.3 Å². The molecule has 16 heavy (non-hydrogen) atoms.